The van der Waals surface area contributed by atoms with E-state index in [0.717, 1.165) is 4.87 Å². The summed E-state index contributed by atoms with van der Waals surface area (Å²) in [7, 11) is 0. The Balaban J connectivity index is 2.82. The van der Waals surface area contributed by atoms with Gasteiger partial charge in [0, 0.05) is 13.8 Å². The van der Waals surface area contributed by atoms with E-state index in [0.29, 0.717) is 0 Å². The molecule has 0 radical (unpaired) electrons. The largest absolute Gasteiger partial charge is 0.265 e. The lowest BCUT2D eigenvalue weighted by atomic mass is 9.80. The van der Waals surface area contributed by atoms with Crippen LogP contribution in [0.2, 0.25) is 0 Å². The normalized spacial score (nSPS) is 28.7. The number of hydrazine groups is 1. The van der Waals surface area contributed by atoms with Crippen molar-refractivity contribution in [2.75, 3.05) is 0 Å². The fraction of sp³-hybridized carbons (Fsp3) is 1.00. The summed E-state index contributed by atoms with van der Waals surface area (Å²) in [5.74, 6) is 0. The van der Waals surface area contributed by atoms with Gasteiger partial charge < -0.3 is 0 Å². The van der Waals surface area contributed by atoms with Crippen LogP contribution in [-0.4, -0.2) is 15.9 Å². The van der Waals surface area contributed by atoms with Crippen LogP contribution in [-0.2, 0) is 0 Å². The van der Waals surface area contributed by atoms with E-state index in [1.807, 2.05) is 27.7 Å². The molecule has 1 N–H and O–H groups in total. The Morgan fingerprint density at radius 1 is 1.22 bits per heavy atom. The molecule has 1 heterocycles. The summed E-state index contributed by atoms with van der Waals surface area (Å²) in [6, 6.07) is 0. The van der Waals surface area contributed by atoms with Crippen LogP contribution in [0.4, 0.5) is 0 Å². The Bertz CT molecular complexity index is 160. The van der Waals surface area contributed by atoms with Gasteiger partial charge in [0.25, 0.3) is 5.54 Å². The molecule has 0 bridgehead atoms. The minimum atomic E-state index is -0.257. The summed E-state index contributed by atoms with van der Waals surface area (Å²) in [5.41, 5.74) is 2.45. The second-order valence-corrected chi connectivity index (χ2v) is 3.59. The van der Waals surface area contributed by atoms with E-state index in [2.05, 4.69) is 5.43 Å². The fourth-order valence-corrected chi connectivity index (χ4v) is 0.731. The molecule has 0 atom stereocenters. The van der Waals surface area contributed by atoms with Crippen molar-refractivity contribution >= 4 is 0 Å². The van der Waals surface area contributed by atoms with Gasteiger partial charge in [0.15, 0.2) is 5.54 Å². The highest BCUT2D eigenvalue weighted by molar-refractivity contribution is 4.96. The van der Waals surface area contributed by atoms with Crippen molar-refractivity contribution in [3.8, 4) is 0 Å². The maximum Gasteiger partial charge on any atom is 0.265 e. The lowest BCUT2D eigenvalue weighted by Gasteiger charge is -2.40. The molecular formula is C6H13N2O+. The minimum Gasteiger partial charge on any atom is -0.140 e. The highest BCUT2D eigenvalue weighted by atomic mass is 16.3. The molecule has 0 aliphatic carbocycles. The van der Waals surface area contributed by atoms with Gasteiger partial charge in [-0.25, -0.2) is 0 Å². The van der Waals surface area contributed by atoms with Crippen molar-refractivity contribution < 1.29 is 4.87 Å². The van der Waals surface area contributed by atoms with E-state index in [1.165, 1.54) is 0 Å². The molecular weight excluding hydrogens is 116 g/mol. The molecule has 9 heavy (non-hydrogen) atoms. The van der Waals surface area contributed by atoms with Crippen LogP contribution in [0, 0.1) is 4.91 Å². The third-order valence-corrected chi connectivity index (χ3v) is 2.42. The second-order valence-electron chi connectivity index (χ2n) is 3.59. The molecule has 0 amide bonds. The summed E-state index contributed by atoms with van der Waals surface area (Å²) in [6.07, 6.45) is 0. The zero-order valence-corrected chi connectivity index (χ0v) is 6.36. The zero-order chi connectivity index (χ0) is 7.28. The smallest absolute Gasteiger partial charge is 0.140 e. The molecule has 0 unspecified atom stereocenters. The molecule has 1 aliphatic heterocycles. The first-order valence-electron chi connectivity index (χ1n) is 3.13. The van der Waals surface area contributed by atoms with Crippen LogP contribution in [0.25, 0.3) is 0 Å². The monoisotopic (exact) mass is 129 g/mol. The maximum atomic E-state index is 10.8. The van der Waals surface area contributed by atoms with Crippen molar-refractivity contribution in [3.63, 3.8) is 0 Å². The number of hydrogen-bond acceptors (Lipinski definition) is 1. The van der Waals surface area contributed by atoms with Crippen LogP contribution < -0.4 is 5.43 Å². The zero-order valence-electron chi connectivity index (χ0n) is 6.36. The molecule has 0 aromatic rings. The van der Waals surface area contributed by atoms with E-state index >= 15 is 0 Å². The molecule has 1 aliphatic rings. The summed E-state index contributed by atoms with van der Waals surface area (Å²) in [5, 5.41) is 0. The third-order valence-electron chi connectivity index (χ3n) is 2.42. The summed E-state index contributed by atoms with van der Waals surface area (Å²) in [4.78, 5) is 11.7. The predicted molar refractivity (Wildman–Crippen MR) is 34.9 cm³/mol. The Morgan fingerprint density at radius 2 is 1.67 bits per heavy atom. The van der Waals surface area contributed by atoms with Gasteiger partial charge >= 0.3 is 0 Å². The molecule has 1 saturated heterocycles. The fourth-order valence-electron chi connectivity index (χ4n) is 0.731. The first-order valence-corrected chi connectivity index (χ1v) is 3.13. The molecule has 0 aromatic carbocycles. The lowest BCUT2D eigenvalue weighted by Crippen LogP contribution is -2.76. The Morgan fingerprint density at radius 3 is 1.67 bits per heavy atom. The Labute approximate surface area is 55.0 Å². The number of nitroso groups, excluding NO2 is 1. The first-order chi connectivity index (χ1) is 3.88. The van der Waals surface area contributed by atoms with Crippen LogP contribution in [0.1, 0.15) is 27.7 Å². The van der Waals surface area contributed by atoms with Crippen LogP contribution in [0.3, 0.4) is 0 Å². The maximum absolute atomic E-state index is 10.8. The van der Waals surface area contributed by atoms with E-state index in [9.17, 15) is 4.91 Å². The van der Waals surface area contributed by atoms with E-state index < -0.39 is 0 Å². The van der Waals surface area contributed by atoms with E-state index in [4.69, 9.17) is 0 Å². The minimum absolute atomic E-state index is 0.0469. The van der Waals surface area contributed by atoms with Gasteiger partial charge in [0.05, 0.1) is 4.91 Å². The predicted octanol–water partition coefficient (Wildman–Crippen LogP) is 0.841. The number of rotatable bonds is 0. The molecule has 52 valence electrons. The molecule has 1 rings (SSSR count). The summed E-state index contributed by atoms with van der Waals surface area (Å²) in [6.45, 7) is 7.88. The van der Waals surface area contributed by atoms with Gasteiger partial charge in [-0.15, -0.1) is 5.43 Å². The SMILES string of the molecule is CC1(C)N[N+](=O)C1(C)C. The molecule has 3 nitrogen and oxygen atoms in total. The lowest BCUT2D eigenvalue weighted by molar-refractivity contribution is -0.762. The Kier molecular flexibility index (Phi) is 0.926. The highest BCUT2D eigenvalue weighted by Crippen LogP contribution is 2.31. The Hall–Kier alpha value is -0.600. The number of nitrogens with one attached hydrogen (secondary N) is 1. The number of hydrogen-bond donors (Lipinski definition) is 1. The van der Waals surface area contributed by atoms with Gasteiger partial charge in [0.1, 0.15) is 4.87 Å². The van der Waals surface area contributed by atoms with Gasteiger partial charge in [-0.1, -0.05) is 0 Å². The van der Waals surface area contributed by atoms with Crippen LogP contribution in [0.15, 0.2) is 0 Å². The van der Waals surface area contributed by atoms with Crippen molar-refractivity contribution in [2.45, 2.75) is 38.8 Å². The van der Waals surface area contributed by atoms with Gasteiger partial charge in [-0.2, -0.15) is 0 Å². The van der Waals surface area contributed by atoms with Crippen molar-refractivity contribution in [2.24, 2.45) is 0 Å². The standard InChI is InChI=1S/C6H13N2O/c1-5(2)6(3,4)8(9)7-5/h1-4H3,(H,7,9)/q+1. The van der Waals surface area contributed by atoms with E-state index in [-0.39, 0.29) is 11.1 Å². The van der Waals surface area contributed by atoms with Gasteiger partial charge in [0.2, 0.25) is 0 Å². The quantitative estimate of drug-likeness (QED) is 0.491. The average molecular weight is 129 g/mol. The molecule has 3 heteroatoms. The van der Waals surface area contributed by atoms with Gasteiger partial charge in [-0.3, -0.25) is 0 Å². The molecule has 0 saturated carbocycles. The van der Waals surface area contributed by atoms with E-state index in [1.54, 1.807) is 0 Å². The average Bonchev–Trinajstić information content (AvgIpc) is 1.65. The topological polar surface area (TPSA) is 32.1 Å². The second kappa shape index (κ2) is 1.28. The first kappa shape index (κ1) is 6.52. The van der Waals surface area contributed by atoms with Crippen molar-refractivity contribution in [1.29, 1.82) is 0 Å². The summed E-state index contributed by atoms with van der Waals surface area (Å²) < 4.78 is 0. The van der Waals surface area contributed by atoms with Crippen molar-refractivity contribution in [3.05, 3.63) is 4.91 Å². The molecule has 0 aromatic heterocycles. The van der Waals surface area contributed by atoms with Crippen LogP contribution >= 0.6 is 0 Å². The summed E-state index contributed by atoms with van der Waals surface area (Å²) >= 11 is 0. The van der Waals surface area contributed by atoms with Crippen molar-refractivity contribution in [1.82, 2.24) is 5.43 Å². The highest BCUT2D eigenvalue weighted by Gasteiger charge is 2.63. The number of nitrogens with zero attached hydrogens (tertiary/aromatic N) is 1. The molecule has 1 fully saturated rings. The van der Waals surface area contributed by atoms with Gasteiger partial charge in [-0.05, 0) is 13.8 Å². The molecule has 0 spiro atoms. The van der Waals surface area contributed by atoms with Crippen LogP contribution in [0.5, 0.6) is 0 Å². The third kappa shape index (κ3) is 0.573.